The van der Waals surface area contributed by atoms with E-state index in [0.717, 1.165) is 16.5 Å². The van der Waals surface area contributed by atoms with E-state index in [-0.39, 0.29) is 36.2 Å². The molecule has 0 radical (unpaired) electrons. The Morgan fingerprint density at radius 1 is 1.20 bits per heavy atom. The van der Waals surface area contributed by atoms with Crippen LogP contribution in [0.4, 0.5) is 5.69 Å². The van der Waals surface area contributed by atoms with E-state index >= 15 is 0 Å². The Morgan fingerprint density at radius 2 is 1.96 bits per heavy atom. The number of rotatable bonds is 15. The molecular formula is C33H40N7NaO9. The molecule has 2 aromatic carbocycles. The first kappa shape index (κ1) is 38.9. The van der Waals surface area contributed by atoms with Crippen LogP contribution < -0.4 is 51.0 Å². The van der Waals surface area contributed by atoms with Crippen LogP contribution in [-0.4, -0.2) is 102 Å². The molecule has 0 aliphatic carbocycles. The molecule has 6 atom stereocenters. The Bertz CT molecular complexity index is 1750. The van der Waals surface area contributed by atoms with Crippen LogP contribution in [0.5, 0.6) is 0 Å². The zero-order chi connectivity index (χ0) is 35.1. The molecule has 2 aromatic heterocycles. The zero-order valence-corrected chi connectivity index (χ0v) is 29.8. The van der Waals surface area contributed by atoms with E-state index in [4.69, 9.17) is 15.2 Å². The Hall–Kier alpha value is -3.87. The molecule has 0 bridgehead atoms. The summed E-state index contributed by atoms with van der Waals surface area (Å²) in [7, 11) is 0. The average molecular weight is 702 g/mol. The Kier molecular flexibility index (Phi) is 13.5. The van der Waals surface area contributed by atoms with Crippen LogP contribution in [0.15, 0.2) is 60.9 Å². The first-order valence-electron chi connectivity index (χ1n) is 15.9. The molecule has 0 saturated carbocycles. The van der Waals surface area contributed by atoms with Crippen LogP contribution >= 0.6 is 0 Å². The number of unbranched alkanes of at least 4 members (excludes halogenated alkanes) is 1. The number of nitrogens with one attached hydrogen (secondary N) is 3. The van der Waals surface area contributed by atoms with Crippen molar-refractivity contribution in [1.29, 1.82) is 0 Å². The number of amides is 2. The molecule has 5 rings (SSSR count). The first-order chi connectivity index (χ1) is 23.5. The number of aryl methyl sites for hydroxylation is 1. The van der Waals surface area contributed by atoms with Gasteiger partial charge < -0.3 is 56.0 Å². The molecule has 1 unspecified atom stereocenters. The zero-order valence-electron chi connectivity index (χ0n) is 27.8. The molecular weight excluding hydrogens is 661 g/mol. The quantitative estimate of drug-likeness (QED) is 0.0356. The summed E-state index contributed by atoms with van der Waals surface area (Å²) >= 11 is 0. The number of aliphatic hydroxyl groups is 3. The minimum Gasteiger partial charge on any atom is -0.544 e. The van der Waals surface area contributed by atoms with Gasteiger partial charge in [0.15, 0.2) is 0 Å². The fourth-order valence-corrected chi connectivity index (χ4v) is 5.85. The van der Waals surface area contributed by atoms with Gasteiger partial charge in [-0.05, 0) is 55.2 Å². The van der Waals surface area contributed by atoms with Crippen LogP contribution in [0.2, 0.25) is 0 Å². The van der Waals surface area contributed by atoms with Gasteiger partial charge in [0, 0.05) is 54.4 Å². The number of carbonyl (C=O) groups excluding carboxylic acids is 3. The average Bonchev–Trinajstić information content (AvgIpc) is 3.70. The number of aromatic amines is 1. The van der Waals surface area contributed by atoms with Crippen LogP contribution in [-0.2, 0) is 32.0 Å². The number of fused-ring (bicyclic) bond motifs is 1. The molecule has 50 heavy (non-hydrogen) atoms. The van der Waals surface area contributed by atoms with Crippen molar-refractivity contribution in [3.63, 3.8) is 0 Å². The molecule has 262 valence electrons. The second-order valence-electron chi connectivity index (χ2n) is 12.1. The van der Waals surface area contributed by atoms with Crippen LogP contribution in [0, 0.1) is 0 Å². The number of hydrogen-bond acceptors (Lipinski definition) is 12. The van der Waals surface area contributed by atoms with Gasteiger partial charge in [-0.25, -0.2) is 4.68 Å². The van der Waals surface area contributed by atoms with E-state index in [9.17, 15) is 34.8 Å². The normalized spacial score (nSPS) is 21.6. The van der Waals surface area contributed by atoms with Gasteiger partial charge in [0.2, 0.25) is 11.7 Å². The van der Waals surface area contributed by atoms with E-state index in [1.165, 1.54) is 6.92 Å². The van der Waals surface area contributed by atoms with E-state index in [0.29, 0.717) is 42.8 Å². The van der Waals surface area contributed by atoms with Crippen molar-refractivity contribution in [3.8, 4) is 0 Å². The molecule has 1 fully saturated rings. The molecule has 8 N–H and O–H groups in total. The molecule has 3 heterocycles. The molecule has 17 heteroatoms. The SMILES string of the molecule is CC(=O)N[C@H]1C([C@H](O)[C@H](O)CNC(=O)c2ccccc2)O[C@@](OCCCCc2cn(Cc3c[nH]c4ccc(N)cc34)nn2)(C(=O)[O-])C[C@@H]1O.[Na+]. The topological polar surface area (TPSA) is 250 Å². The number of carboxylic acids is 1. The minimum atomic E-state index is -2.50. The van der Waals surface area contributed by atoms with Gasteiger partial charge in [0.05, 0.1) is 37.1 Å². The third kappa shape index (κ3) is 9.46. The molecule has 0 spiro atoms. The van der Waals surface area contributed by atoms with Crippen molar-refractivity contribution in [2.24, 2.45) is 0 Å². The number of nitrogens with two attached hydrogens (primary N) is 1. The molecule has 1 aliphatic heterocycles. The predicted octanol–water partition coefficient (Wildman–Crippen LogP) is -4.01. The van der Waals surface area contributed by atoms with Gasteiger partial charge in [-0.2, -0.15) is 0 Å². The van der Waals surface area contributed by atoms with Crippen molar-refractivity contribution in [3.05, 3.63) is 77.7 Å². The maximum atomic E-state index is 12.4. The number of carboxylic acid groups (broad SMARTS) is 1. The molecule has 1 aliphatic rings. The fraction of sp³-hybridized carbons (Fsp3) is 0.424. The first-order valence-corrected chi connectivity index (χ1v) is 15.9. The van der Waals surface area contributed by atoms with Crippen molar-refractivity contribution in [1.82, 2.24) is 30.6 Å². The van der Waals surface area contributed by atoms with Gasteiger partial charge in [0.1, 0.15) is 18.2 Å². The number of aliphatic carboxylic acids is 1. The van der Waals surface area contributed by atoms with Gasteiger partial charge in [-0.1, -0.05) is 23.4 Å². The minimum absolute atomic E-state index is 0. The van der Waals surface area contributed by atoms with E-state index in [1.54, 1.807) is 35.0 Å². The number of aromatic nitrogens is 4. The van der Waals surface area contributed by atoms with Crippen LogP contribution in [0.3, 0.4) is 0 Å². The fourth-order valence-electron chi connectivity index (χ4n) is 5.85. The van der Waals surface area contributed by atoms with Gasteiger partial charge in [0.25, 0.3) is 5.91 Å². The maximum Gasteiger partial charge on any atom is 1.00 e. The number of H-pyrrole nitrogens is 1. The number of carbonyl (C=O) groups is 3. The summed E-state index contributed by atoms with van der Waals surface area (Å²) < 4.78 is 13.1. The van der Waals surface area contributed by atoms with E-state index < -0.39 is 67.0 Å². The standard InChI is InChI=1S/C33H41N7O9.Na/c1-19(41)37-28-26(42)14-33(32(46)47,49-30(28)29(44)27(43)16-36-31(45)20-7-3-2-4-8-20)48-12-6-5-9-23-18-40(39-38-23)17-21-15-35-25-11-10-22(34)13-24(21)25;/h2-4,7-8,10-11,13,15,18,26-30,35,42-44H,5-6,9,12,14,16-17,34H2,1H3,(H,36,45)(H,37,41)(H,46,47);/q;+1/p-1/t26-,27+,28+,29+,30?,33+;/m0./s1. The number of nitrogen functional groups attached to an aromatic ring is 1. The molecule has 4 aromatic rings. The summed E-state index contributed by atoms with van der Waals surface area (Å²) in [6, 6.07) is 12.5. The summed E-state index contributed by atoms with van der Waals surface area (Å²) in [5, 5.41) is 59.4. The number of anilines is 1. The third-order valence-electron chi connectivity index (χ3n) is 8.36. The monoisotopic (exact) mass is 701 g/mol. The van der Waals surface area contributed by atoms with Crippen LogP contribution in [0.25, 0.3) is 10.9 Å². The maximum absolute atomic E-state index is 12.4. The summed E-state index contributed by atoms with van der Waals surface area (Å²) in [5.74, 6) is -5.43. The number of ether oxygens (including phenoxy) is 2. The number of nitrogens with zero attached hydrogens (tertiary/aromatic N) is 3. The van der Waals surface area contributed by atoms with Gasteiger partial charge >= 0.3 is 29.6 Å². The van der Waals surface area contributed by atoms with E-state index in [1.807, 2.05) is 30.6 Å². The second-order valence-corrected chi connectivity index (χ2v) is 12.1. The number of hydrogen-bond donors (Lipinski definition) is 7. The Morgan fingerprint density at radius 3 is 2.68 bits per heavy atom. The summed E-state index contributed by atoms with van der Waals surface area (Å²) in [6.45, 7) is 1.07. The van der Waals surface area contributed by atoms with Crippen LogP contribution in [0.1, 0.15) is 47.8 Å². The van der Waals surface area contributed by atoms with Gasteiger partial charge in [-0.3, -0.25) is 9.59 Å². The Labute approximate surface area is 309 Å². The smallest absolute Gasteiger partial charge is 0.544 e. The summed E-state index contributed by atoms with van der Waals surface area (Å²) in [4.78, 5) is 39.9. The van der Waals surface area contributed by atoms with Gasteiger partial charge in [-0.15, -0.1) is 5.10 Å². The van der Waals surface area contributed by atoms with Crippen molar-refractivity contribution >= 4 is 34.4 Å². The van der Waals surface area contributed by atoms with Crippen molar-refractivity contribution in [2.45, 2.75) is 75.4 Å². The predicted molar refractivity (Wildman–Crippen MR) is 172 cm³/mol. The largest absolute Gasteiger partial charge is 1.00 e. The van der Waals surface area contributed by atoms with E-state index in [2.05, 4.69) is 25.9 Å². The summed E-state index contributed by atoms with van der Waals surface area (Å²) in [6.07, 6.45) is -2.27. The number of aliphatic hydroxyl groups excluding tert-OH is 3. The van der Waals surface area contributed by atoms with Crippen molar-refractivity contribution in [2.75, 3.05) is 18.9 Å². The summed E-state index contributed by atoms with van der Waals surface area (Å²) in [5.41, 5.74) is 9.59. The molecule has 16 nitrogen and oxygen atoms in total. The second kappa shape index (κ2) is 17.4. The van der Waals surface area contributed by atoms with Crippen molar-refractivity contribution < 1.29 is 73.8 Å². The number of benzene rings is 2. The molecule has 1 saturated heterocycles. The Balaban J connectivity index is 0.00000562. The molecule has 2 amide bonds. The third-order valence-corrected chi connectivity index (χ3v) is 8.36.